The molecule has 1 saturated heterocycles. The van der Waals surface area contributed by atoms with E-state index in [0.29, 0.717) is 28.9 Å². The fraction of sp³-hybridized carbons (Fsp3) is 0.381. The largest absolute Gasteiger partial charge is 0.465 e. The van der Waals surface area contributed by atoms with Crippen LogP contribution in [0.3, 0.4) is 0 Å². The third-order valence-electron chi connectivity index (χ3n) is 5.57. The number of nitrogens with zero attached hydrogens (tertiary/aromatic N) is 2. The number of aromatic nitrogens is 2. The van der Waals surface area contributed by atoms with E-state index in [2.05, 4.69) is 0 Å². The standard InChI is InChI=1S/C21H19ClN2O3S2/c1-11-13(22)6-4-7-14(11)24-19(25)17-12-5-2-3-8-15(12)28-18(17)23-21(24)29-16-9-10-27-20(16)26/h4,6-7,16H,2-3,5,8-10H2,1H3/t16-/m1/s1. The molecule has 2 aliphatic rings. The second-order valence-electron chi connectivity index (χ2n) is 7.37. The smallest absolute Gasteiger partial charge is 0.319 e. The van der Waals surface area contributed by atoms with E-state index >= 15 is 0 Å². The lowest BCUT2D eigenvalue weighted by Crippen LogP contribution is -2.24. The van der Waals surface area contributed by atoms with E-state index in [1.165, 1.54) is 16.6 Å². The minimum Gasteiger partial charge on any atom is -0.465 e. The van der Waals surface area contributed by atoms with Gasteiger partial charge in [0.15, 0.2) is 5.16 Å². The van der Waals surface area contributed by atoms with Gasteiger partial charge in [-0.15, -0.1) is 11.3 Å². The van der Waals surface area contributed by atoms with Crippen LogP contribution in [0.15, 0.2) is 28.2 Å². The number of thioether (sulfide) groups is 1. The van der Waals surface area contributed by atoms with Gasteiger partial charge >= 0.3 is 5.97 Å². The SMILES string of the molecule is Cc1c(Cl)cccc1-n1c(S[C@@H]2CCOC2=O)nc2sc3c(c2c1=O)CCCC3. The maximum atomic E-state index is 13.8. The van der Waals surface area contributed by atoms with Crippen molar-refractivity contribution in [2.45, 2.75) is 49.4 Å². The van der Waals surface area contributed by atoms with Crippen LogP contribution in [0.5, 0.6) is 0 Å². The second kappa shape index (κ2) is 7.45. The van der Waals surface area contributed by atoms with E-state index in [9.17, 15) is 9.59 Å². The monoisotopic (exact) mass is 446 g/mol. The molecule has 2 aromatic heterocycles. The number of hydrogen-bond acceptors (Lipinski definition) is 6. The number of carbonyl (C=O) groups is 1. The van der Waals surface area contributed by atoms with Gasteiger partial charge in [0.2, 0.25) is 0 Å². The van der Waals surface area contributed by atoms with Crippen molar-refractivity contribution in [1.82, 2.24) is 9.55 Å². The average molecular weight is 447 g/mol. The molecule has 5 rings (SSSR count). The van der Waals surface area contributed by atoms with Crippen LogP contribution in [0.2, 0.25) is 5.02 Å². The van der Waals surface area contributed by atoms with Gasteiger partial charge in [-0.05, 0) is 55.9 Å². The minimum atomic E-state index is -0.348. The van der Waals surface area contributed by atoms with Crippen LogP contribution < -0.4 is 5.56 Å². The predicted molar refractivity (Wildman–Crippen MR) is 117 cm³/mol. The highest BCUT2D eigenvalue weighted by Crippen LogP contribution is 2.37. The second-order valence-corrected chi connectivity index (χ2v) is 10.0. The van der Waals surface area contributed by atoms with Crippen molar-refractivity contribution in [1.29, 1.82) is 0 Å². The molecule has 1 aliphatic heterocycles. The molecule has 1 aromatic carbocycles. The first kappa shape index (κ1) is 19.2. The fourth-order valence-electron chi connectivity index (χ4n) is 4.03. The average Bonchev–Trinajstić information content (AvgIpc) is 3.28. The molecule has 0 spiro atoms. The van der Waals surface area contributed by atoms with E-state index in [4.69, 9.17) is 21.3 Å². The van der Waals surface area contributed by atoms with Gasteiger partial charge in [0.1, 0.15) is 10.1 Å². The van der Waals surface area contributed by atoms with Crippen molar-refractivity contribution in [2.75, 3.05) is 6.61 Å². The Bertz CT molecular complexity index is 1200. The molecule has 0 bridgehead atoms. The molecule has 0 saturated carbocycles. The third-order valence-corrected chi connectivity index (χ3v) is 8.37. The number of rotatable bonds is 3. The first-order chi connectivity index (χ1) is 14.0. The summed E-state index contributed by atoms with van der Waals surface area (Å²) in [6.45, 7) is 2.31. The summed E-state index contributed by atoms with van der Waals surface area (Å²) in [5.74, 6) is -0.246. The number of thiophene rings is 1. The maximum absolute atomic E-state index is 13.8. The number of ether oxygens (including phenoxy) is 1. The van der Waals surface area contributed by atoms with E-state index in [0.717, 1.165) is 47.0 Å². The van der Waals surface area contributed by atoms with Crippen molar-refractivity contribution in [3.05, 3.63) is 49.6 Å². The lowest BCUT2D eigenvalue weighted by atomic mass is 9.97. The van der Waals surface area contributed by atoms with Crippen LogP contribution in [0.1, 0.15) is 35.3 Å². The van der Waals surface area contributed by atoms with Crippen LogP contribution in [-0.2, 0) is 22.4 Å². The maximum Gasteiger partial charge on any atom is 0.319 e. The highest BCUT2D eigenvalue weighted by Gasteiger charge is 2.31. The molecule has 1 atom stereocenters. The number of aryl methyl sites for hydroxylation is 2. The Morgan fingerprint density at radius 2 is 2.10 bits per heavy atom. The summed E-state index contributed by atoms with van der Waals surface area (Å²) in [7, 11) is 0. The van der Waals surface area contributed by atoms with Gasteiger partial charge in [-0.25, -0.2) is 4.98 Å². The van der Waals surface area contributed by atoms with Gasteiger partial charge < -0.3 is 4.74 Å². The van der Waals surface area contributed by atoms with Crippen molar-refractivity contribution >= 4 is 50.9 Å². The topological polar surface area (TPSA) is 61.2 Å². The van der Waals surface area contributed by atoms with Gasteiger partial charge in [-0.1, -0.05) is 29.4 Å². The Morgan fingerprint density at radius 1 is 1.28 bits per heavy atom. The number of esters is 1. The summed E-state index contributed by atoms with van der Waals surface area (Å²) in [5, 5.41) is 1.50. The number of cyclic esters (lactones) is 1. The minimum absolute atomic E-state index is 0.0753. The van der Waals surface area contributed by atoms with Crippen LogP contribution in [-0.4, -0.2) is 27.4 Å². The van der Waals surface area contributed by atoms with Gasteiger partial charge in [0.05, 0.1) is 17.7 Å². The summed E-state index contributed by atoms with van der Waals surface area (Å²) in [6, 6.07) is 5.53. The molecule has 150 valence electrons. The van der Waals surface area contributed by atoms with E-state index < -0.39 is 0 Å². The van der Waals surface area contributed by atoms with Gasteiger partial charge in [-0.2, -0.15) is 0 Å². The third kappa shape index (κ3) is 3.20. The zero-order valence-corrected chi connectivity index (χ0v) is 18.3. The van der Waals surface area contributed by atoms with E-state index in [1.807, 2.05) is 25.1 Å². The van der Waals surface area contributed by atoms with Crippen molar-refractivity contribution < 1.29 is 9.53 Å². The molecule has 1 fully saturated rings. The zero-order chi connectivity index (χ0) is 20.1. The summed E-state index contributed by atoms with van der Waals surface area (Å²) < 4.78 is 6.76. The highest BCUT2D eigenvalue weighted by atomic mass is 35.5. The molecule has 3 heterocycles. The zero-order valence-electron chi connectivity index (χ0n) is 15.9. The molecule has 0 radical (unpaired) electrons. The Morgan fingerprint density at radius 3 is 2.90 bits per heavy atom. The summed E-state index contributed by atoms with van der Waals surface area (Å²) >= 11 is 9.29. The Balaban J connectivity index is 1.78. The van der Waals surface area contributed by atoms with Crippen LogP contribution >= 0.6 is 34.7 Å². The molecule has 0 amide bonds. The highest BCUT2D eigenvalue weighted by molar-refractivity contribution is 8.00. The van der Waals surface area contributed by atoms with Gasteiger partial charge in [0.25, 0.3) is 5.56 Å². The molecule has 29 heavy (non-hydrogen) atoms. The van der Waals surface area contributed by atoms with Crippen LogP contribution in [0.4, 0.5) is 0 Å². The lowest BCUT2D eigenvalue weighted by Gasteiger charge is -2.16. The fourth-order valence-corrected chi connectivity index (χ4v) is 6.57. The summed E-state index contributed by atoms with van der Waals surface area (Å²) in [6.07, 6.45) is 4.79. The number of hydrogen-bond donors (Lipinski definition) is 0. The normalized spacial score (nSPS) is 18.8. The molecular formula is C21H19ClN2O3S2. The van der Waals surface area contributed by atoms with E-state index in [-0.39, 0.29) is 16.8 Å². The van der Waals surface area contributed by atoms with E-state index in [1.54, 1.807) is 15.9 Å². The number of fused-ring (bicyclic) bond motifs is 3. The molecule has 0 unspecified atom stereocenters. The Kier molecular flexibility index (Phi) is 4.92. The molecule has 8 heteroatoms. The Labute approximate surface area is 181 Å². The predicted octanol–water partition coefficient (Wildman–Crippen LogP) is 4.70. The number of halogens is 1. The molecule has 0 N–H and O–H groups in total. The first-order valence-corrected chi connectivity index (χ1v) is 11.8. The van der Waals surface area contributed by atoms with Gasteiger partial charge in [-0.3, -0.25) is 14.2 Å². The number of carbonyl (C=O) groups excluding carboxylic acids is 1. The molecule has 1 aliphatic carbocycles. The van der Waals surface area contributed by atoms with Gasteiger partial charge in [0, 0.05) is 16.3 Å². The lowest BCUT2D eigenvalue weighted by molar-refractivity contribution is -0.137. The molecule has 5 nitrogen and oxygen atoms in total. The van der Waals surface area contributed by atoms with Crippen molar-refractivity contribution in [3.8, 4) is 5.69 Å². The molecular weight excluding hydrogens is 428 g/mol. The van der Waals surface area contributed by atoms with Crippen LogP contribution in [0, 0.1) is 6.92 Å². The summed E-state index contributed by atoms with van der Waals surface area (Å²) in [5.41, 5.74) is 2.60. The number of benzene rings is 1. The quantitative estimate of drug-likeness (QED) is 0.431. The van der Waals surface area contributed by atoms with Crippen molar-refractivity contribution in [3.63, 3.8) is 0 Å². The van der Waals surface area contributed by atoms with Crippen molar-refractivity contribution in [2.24, 2.45) is 0 Å². The molecule has 3 aromatic rings. The summed E-state index contributed by atoms with van der Waals surface area (Å²) in [4.78, 5) is 32.8. The van der Waals surface area contributed by atoms with Crippen LogP contribution in [0.25, 0.3) is 15.9 Å². The first-order valence-electron chi connectivity index (χ1n) is 9.70. The Hall–Kier alpha value is -1.83.